The van der Waals surface area contributed by atoms with Crippen molar-refractivity contribution in [3.63, 3.8) is 0 Å². The monoisotopic (exact) mass is 359 g/mol. The maximum atomic E-state index is 12.4. The van der Waals surface area contributed by atoms with E-state index in [1.165, 1.54) is 5.56 Å². The van der Waals surface area contributed by atoms with Crippen molar-refractivity contribution in [2.24, 2.45) is 0 Å². The number of aryl methyl sites for hydroxylation is 1. The first-order chi connectivity index (χ1) is 13.3. The van der Waals surface area contributed by atoms with Crippen molar-refractivity contribution >= 4 is 5.97 Å². The van der Waals surface area contributed by atoms with Gasteiger partial charge in [-0.05, 0) is 29.5 Å². The minimum atomic E-state index is -0.183. The van der Waals surface area contributed by atoms with Gasteiger partial charge in [-0.2, -0.15) is 0 Å². The lowest BCUT2D eigenvalue weighted by atomic mass is 10.1. The first kappa shape index (κ1) is 18.9. The third-order valence-corrected chi connectivity index (χ3v) is 4.32. The number of hydrogen-bond acceptors (Lipinski definition) is 3. The topological polar surface area (TPSA) is 29.5 Å². The molecule has 0 aromatic heterocycles. The Morgan fingerprint density at radius 1 is 0.667 bits per heavy atom. The lowest BCUT2D eigenvalue weighted by Gasteiger charge is -2.21. The van der Waals surface area contributed by atoms with Gasteiger partial charge in [-0.3, -0.25) is 4.79 Å². The molecule has 0 fully saturated rings. The zero-order valence-corrected chi connectivity index (χ0v) is 15.5. The molecule has 0 saturated carbocycles. The third kappa shape index (κ3) is 6.72. The average Bonchev–Trinajstić information content (AvgIpc) is 2.70. The highest BCUT2D eigenvalue weighted by molar-refractivity contribution is 5.69. The van der Waals surface area contributed by atoms with Gasteiger partial charge < -0.3 is 4.84 Å². The summed E-state index contributed by atoms with van der Waals surface area (Å²) >= 11 is 0. The highest BCUT2D eigenvalue weighted by Crippen LogP contribution is 2.12. The van der Waals surface area contributed by atoms with Crippen molar-refractivity contribution in [2.45, 2.75) is 32.4 Å². The van der Waals surface area contributed by atoms with Gasteiger partial charge in [0.1, 0.15) is 0 Å². The summed E-state index contributed by atoms with van der Waals surface area (Å²) in [5.41, 5.74) is 3.48. The van der Waals surface area contributed by atoms with Crippen molar-refractivity contribution in [2.75, 3.05) is 0 Å². The molecule has 0 aliphatic rings. The number of hydroxylamine groups is 2. The Bertz CT molecular complexity index is 762. The molecule has 0 unspecified atom stereocenters. The fourth-order valence-corrected chi connectivity index (χ4v) is 2.97. The molecular weight excluding hydrogens is 334 g/mol. The average molecular weight is 359 g/mol. The lowest BCUT2D eigenvalue weighted by Crippen LogP contribution is -2.26. The standard InChI is InChI=1S/C24H25NO2/c26-24(18-10-17-21-11-4-1-5-12-21)27-25(19-22-13-6-2-7-14-22)20-23-15-8-3-9-16-23/h1-9,11-16H,10,17-20H2. The molecule has 0 spiro atoms. The van der Waals surface area contributed by atoms with Gasteiger partial charge in [-0.25, -0.2) is 0 Å². The number of carbonyl (C=O) groups is 1. The van der Waals surface area contributed by atoms with Crippen LogP contribution in [0.4, 0.5) is 0 Å². The molecule has 3 nitrogen and oxygen atoms in total. The Labute approximate surface area is 161 Å². The summed E-state index contributed by atoms with van der Waals surface area (Å²) in [6.45, 7) is 1.14. The van der Waals surface area contributed by atoms with Crippen molar-refractivity contribution in [1.82, 2.24) is 5.06 Å². The predicted octanol–water partition coefficient (Wildman–Crippen LogP) is 5.17. The molecule has 0 amide bonds. The first-order valence-corrected chi connectivity index (χ1v) is 9.37. The summed E-state index contributed by atoms with van der Waals surface area (Å²) in [6.07, 6.45) is 2.08. The molecule has 0 saturated heterocycles. The van der Waals surface area contributed by atoms with E-state index in [1.807, 2.05) is 78.9 Å². The van der Waals surface area contributed by atoms with E-state index in [0.29, 0.717) is 19.5 Å². The van der Waals surface area contributed by atoms with Crippen LogP contribution in [0.15, 0.2) is 91.0 Å². The Balaban J connectivity index is 1.55. The van der Waals surface area contributed by atoms with E-state index in [4.69, 9.17) is 4.84 Å². The molecule has 138 valence electrons. The molecule has 0 heterocycles. The van der Waals surface area contributed by atoms with E-state index in [-0.39, 0.29) is 5.97 Å². The number of hydrogen-bond donors (Lipinski definition) is 0. The maximum absolute atomic E-state index is 12.4. The normalized spacial score (nSPS) is 10.7. The van der Waals surface area contributed by atoms with Gasteiger partial charge in [-0.15, -0.1) is 5.06 Å². The molecule has 27 heavy (non-hydrogen) atoms. The fraction of sp³-hybridized carbons (Fsp3) is 0.208. The quantitative estimate of drug-likeness (QED) is 0.494. The van der Waals surface area contributed by atoms with Crippen LogP contribution in [-0.2, 0) is 29.1 Å². The van der Waals surface area contributed by atoms with E-state index >= 15 is 0 Å². The number of carbonyl (C=O) groups excluding carboxylic acids is 1. The lowest BCUT2D eigenvalue weighted by molar-refractivity contribution is -0.197. The van der Waals surface area contributed by atoms with E-state index in [9.17, 15) is 4.79 Å². The summed E-state index contributed by atoms with van der Waals surface area (Å²) in [5.74, 6) is -0.183. The second kappa shape index (κ2) is 10.3. The minimum Gasteiger partial charge on any atom is -0.367 e. The van der Waals surface area contributed by atoms with Crippen LogP contribution in [0.1, 0.15) is 29.5 Å². The van der Waals surface area contributed by atoms with Gasteiger partial charge in [0.05, 0.1) is 13.1 Å². The fourth-order valence-electron chi connectivity index (χ4n) is 2.97. The van der Waals surface area contributed by atoms with E-state index in [1.54, 1.807) is 5.06 Å². The van der Waals surface area contributed by atoms with Crippen LogP contribution >= 0.6 is 0 Å². The maximum Gasteiger partial charge on any atom is 0.325 e. The zero-order valence-electron chi connectivity index (χ0n) is 15.5. The molecule has 0 aliphatic carbocycles. The minimum absolute atomic E-state index is 0.183. The molecule has 0 bridgehead atoms. The Hall–Kier alpha value is -2.91. The van der Waals surface area contributed by atoms with Gasteiger partial charge in [0.15, 0.2) is 0 Å². The van der Waals surface area contributed by atoms with Crippen LogP contribution in [0.2, 0.25) is 0 Å². The molecule has 0 radical (unpaired) electrons. The van der Waals surface area contributed by atoms with Gasteiger partial charge in [0.2, 0.25) is 0 Å². The third-order valence-electron chi connectivity index (χ3n) is 4.32. The van der Waals surface area contributed by atoms with Gasteiger partial charge >= 0.3 is 5.97 Å². The zero-order chi connectivity index (χ0) is 18.7. The van der Waals surface area contributed by atoms with Crippen molar-refractivity contribution in [1.29, 1.82) is 0 Å². The van der Waals surface area contributed by atoms with E-state index in [2.05, 4.69) is 12.1 Å². The van der Waals surface area contributed by atoms with Crippen LogP contribution in [0, 0.1) is 0 Å². The van der Waals surface area contributed by atoms with Gasteiger partial charge in [-0.1, -0.05) is 91.0 Å². The predicted molar refractivity (Wildman–Crippen MR) is 108 cm³/mol. The smallest absolute Gasteiger partial charge is 0.325 e. The number of benzene rings is 3. The second-order valence-corrected chi connectivity index (χ2v) is 6.57. The Morgan fingerprint density at radius 3 is 1.59 bits per heavy atom. The van der Waals surface area contributed by atoms with Crippen molar-refractivity contribution in [3.8, 4) is 0 Å². The Morgan fingerprint density at radius 2 is 1.11 bits per heavy atom. The van der Waals surface area contributed by atoms with Gasteiger partial charge in [0.25, 0.3) is 0 Å². The molecule has 0 atom stereocenters. The van der Waals surface area contributed by atoms with Crippen LogP contribution < -0.4 is 0 Å². The second-order valence-electron chi connectivity index (χ2n) is 6.57. The van der Waals surface area contributed by atoms with Crippen molar-refractivity contribution < 1.29 is 9.63 Å². The molecule has 3 rings (SSSR count). The molecule has 0 aliphatic heterocycles. The van der Waals surface area contributed by atoms with Crippen LogP contribution in [0.5, 0.6) is 0 Å². The molecule has 3 aromatic carbocycles. The molecule has 3 heteroatoms. The largest absolute Gasteiger partial charge is 0.367 e. The van der Waals surface area contributed by atoms with Gasteiger partial charge in [0, 0.05) is 6.42 Å². The van der Waals surface area contributed by atoms with Crippen LogP contribution in [-0.4, -0.2) is 11.0 Å². The molecule has 0 N–H and O–H groups in total. The number of rotatable bonds is 9. The number of nitrogens with zero attached hydrogens (tertiary/aromatic N) is 1. The molecular formula is C24H25NO2. The van der Waals surface area contributed by atoms with Crippen LogP contribution in [0.25, 0.3) is 0 Å². The first-order valence-electron chi connectivity index (χ1n) is 9.37. The summed E-state index contributed by atoms with van der Waals surface area (Å²) in [7, 11) is 0. The Kier molecular flexibility index (Phi) is 7.19. The molecule has 3 aromatic rings. The highest BCUT2D eigenvalue weighted by Gasteiger charge is 2.13. The van der Waals surface area contributed by atoms with Crippen LogP contribution in [0.3, 0.4) is 0 Å². The summed E-state index contributed by atoms with van der Waals surface area (Å²) < 4.78 is 0. The van der Waals surface area contributed by atoms with Crippen molar-refractivity contribution in [3.05, 3.63) is 108 Å². The summed E-state index contributed by atoms with van der Waals surface area (Å²) in [4.78, 5) is 18.1. The SMILES string of the molecule is O=C(CCCc1ccccc1)ON(Cc1ccccc1)Cc1ccccc1. The van der Waals surface area contributed by atoms with E-state index in [0.717, 1.165) is 24.0 Å². The highest BCUT2D eigenvalue weighted by atomic mass is 16.7. The summed E-state index contributed by atoms with van der Waals surface area (Å²) in [5, 5.41) is 1.75. The summed E-state index contributed by atoms with van der Waals surface area (Å²) in [6, 6.07) is 30.4. The van der Waals surface area contributed by atoms with E-state index < -0.39 is 0 Å².